The Hall–Kier alpha value is -1.75. The van der Waals surface area contributed by atoms with Gasteiger partial charge in [0.05, 0.1) is 18.1 Å². The number of sulfonamides is 1. The second-order valence-electron chi connectivity index (χ2n) is 5.91. The highest BCUT2D eigenvalue weighted by molar-refractivity contribution is 14.1. The maximum Gasteiger partial charge on any atom is 0.248 e. The van der Waals surface area contributed by atoms with Crippen molar-refractivity contribution in [2.45, 2.75) is 4.90 Å². The molecule has 0 aromatic heterocycles. The second kappa shape index (κ2) is 8.96. The van der Waals surface area contributed by atoms with E-state index in [1.807, 2.05) is 24.3 Å². The number of benzene rings is 2. The third-order valence-corrected chi connectivity index (χ3v) is 6.66. The molecule has 1 amide bonds. The molecule has 0 spiro atoms. The first-order valence-corrected chi connectivity index (χ1v) is 10.9. The molecule has 1 aliphatic heterocycles. The van der Waals surface area contributed by atoms with Gasteiger partial charge in [-0.25, -0.2) is 8.42 Å². The Balaban J connectivity index is 1.63. The second-order valence-corrected chi connectivity index (χ2v) is 9.10. The number of hydrogen-bond acceptors (Lipinski definition) is 4. The van der Waals surface area contributed by atoms with E-state index in [4.69, 9.17) is 4.74 Å². The number of nitrogens with one attached hydrogen (secondary N) is 1. The predicted octanol–water partition coefficient (Wildman–Crippen LogP) is 2.96. The number of nitrogens with zero attached hydrogens (tertiary/aromatic N) is 1. The Labute approximate surface area is 172 Å². The van der Waals surface area contributed by atoms with Gasteiger partial charge in [-0.05, 0) is 70.6 Å². The van der Waals surface area contributed by atoms with Gasteiger partial charge >= 0.3 is 0 Å². The maximum absolute atomic E-state index is 12.6. The monoisotopic (exact) mass is 498 g/mol. The Kier molecular flexibility index (Phi) is 6.64. The van der Waals surface area contributed by atoms with E-state index in [-0.39, 0.29) is 10.8 Å². The van der Waals surface area contributed by atoms with E-state index in [1.54, 1.807) is 30.3 Å². The first-order chi connectivity index (χ1) is 12.9. The summed E-state index contributed by atoms with van der Waals surface area (Å²) in [6.07, 6.45) is 3.07. The number of carbonyl (C=O) groups is 1. The van der Waals surface area contributed by atoms with Gasteiger partial charge in [0.25, 0.3) is 0 Å². The minimum atomic E-state index is -3.50. The van der Waals surface area contributed by atoms with Crippen LogP contribution < -0.4 is 5.32 Å². The lowest BCUT2D eigenvalue weighted by Crippen LogP contribution is -2.40. The smallest absolute Gasteiger partial charge is 0.248 e. The van der Waals surface area contributed by atoms with E-state index < -0.39 is 10.0 Å². The average Bonchev–Trinajstić information content (AvgIpc) is 2.69. The fourth-order valence-corrected chi connectivity index (χ4v) is 4.34. The summed E-state index contributed by atoms with van der Waals surface area (Å²) >= 11 is 2.20. The van der Waals surface area contributed by atoms with Crippen molar-refractivity contribution in [1.82, 2.24) is 4.31 Å². The van der Waals surface area contributed by atoms with Gasteiger partial charge in [-0.3, -0.25) is 4.79 Å². The molecular weight excluding hydrogens is 479 g/mol. The minimum Gasteiger partial charge on any atom is -0.379 e. The lowest BCUT2D eigenvalue weighted by atomic mass is 10.2. The third kappa shape index (κ3) is 5.38. The summed E-state index contributed by atoms with van der Waals surface area (Å²) in [7, 11) is -3.50. The fraction of sp³-hybridized carbons (Fsp3) is 0.211. The highest BCUT2D eigenvalue weighted by Gasteiger charge is 2.25. The Morgan fingerprint density at radius 3 is 2.30 bits per heavy atom. The number of amides is 1. The number of anilines is 1. The van der Waals surface area contributed by atoms with Gasteiger partial charge in [0, 0.05) is 28.4 Å². The topological polar surface area (TPSA) is 75.7 Å². The molecule has 0 unspecified atom stereocenters. The Morgan fingerprint density at radius 2 is 1.67 bits per heavy atom. The van der Waals surface area contributed by atoms with Gasteiger partial charge < -0.3 is 10.1 Å². The molecule has 1 N–H and O–H groups in total. The van der Waals surface area contributed by atoms with Crippen LogP contribution in [0.25, 0.3) is 6.08 Å². The summed E-state index contributed by atoms with van der Waals surface area (Å²) in [5.74, 6) is -0.249. The lowest BCUT2D eigenvalue weighted by Gasteiger charge is -2.26. The van der Waals surface area contributed by atoms with Crippen molar-refractivity contribution < 1.29 is 17.9 Å². The van der Waals surface area contributed by atoms with Crippen molar-refractivity contribution in [2.75, 3.05) is 31.6 Å². The molecule has 27 heavy (non-hydrogen) atoms. The van der Waals surface area contributed by atoms with Gasteiger partial charge in [-0.1, -0.05) is 12.1 Å². The molecule has 1 saturated heterocycles. The van der Waals surface area contributed by atoms with E-state index in [0.717, 1.165) is 14.8 Å². The summed E-state index contributed by atoms with van der Waals surface area (Å²) in [6, 6.07) is 14.0. The van der Waals surface area contributed by atoms with Crippen molar-refractivity contribution in [1.29, 1.82) is 0 Å². The van der Waals surface area contributed by atoms with Crippen LogP contribution in [-0.2, 0) is 19.6 Å². The van der Waals surface area contributed by atoms with Gasteiger partial charge in [0.1, 0.15) is 0 Å². The van der Waals surface area contributed by atoms with Crippen molar-refractivity contribution in [3.63, 3.8) is 0 Å². The molecule has 0 saturated carbocycles. The van der Waals surface area contributed by atoms with Crippen LogP contribution in [0.2, 0.25) is 0 Å². The molecule has 0 atom stereocenters. The highest BCUT2D eigenvalue weighted by atomic mass is 127. The zero-order valence-electron chi connectivity index (χ0n) is 14.5. The predicted molar refractivity (Wildman–Crippen MR) is 113 cm³/mol. The first-order valence-electron chi connectivity index (χ1n) is 8.38. The van der Waals surface area contributed by atoms with Crippen LogP contribution in [0.3, 0.4) is 0 Å². The van der Waals surface area contributed by atoms with Gasteiger partial charge in [0.15, 0.2) is 0 Å². The summed E-state index contributed by atoms with van der Waals surface area (Å²) in [4.78, 5) is 12.2. The van der Waals surface area contributed by atoms with Crippen LogP contribution in [0.1, 0.15) is 5.56 Å². The van der Waals surface area contributed by atoms with Crippen LogP contribution in [0.15, 0.2) is 59.5 Å². The van der Waals surface area contributed by atoms with E-state index in [1.165, 1.54) is 10.4 Å². The molecule has 0 bridgehead atoms. The SMILES string of the molecule is O=C(C=Cc1ccc(S(=O)(=O)N2CCOCC2)cc1)Nc1ccc(I)cc1. The normalized spacial score (nSPS) is 15.7. The standard InChI is InChI=1S/C19H19IN2O4S/c20-16-4-6-17(7-5-16)21-19(23)10-3-15-1-8-18(9-2-15)27(24,25)22-11-13-26-14-12-22/h1-10H,11-14H2,(H,21,23). The zero-order valence-corrected chi connectivity index (χ0v) is 17.4. The molecule has 8 heteroatoms. The van der Waals surface area contributed by atoms with Gasteiger partial charge in [-0.2, -0.15) is 4.31 Å². The van der Waals surface area contributed by atoms with Crippen LogP contribution in [0.5, 0.6) is 0 Å². The van der Waals surface area contributed by atoms with E-state index in [9.17, 15) is 13.2 Å². The number of hydrogen-bond donors (Lipinski definition) is 1. The van der Waals surface area contributed by atoms with Crippen molar-refractivity contribution >= 4 is 50.3 Å². The van der Waals surface area contributed by atoms with Crippen LogP contribution in [-0.4, -0.2) is 44.9 Å². The Bertz CT molecular complexity index is 919. The average molecular weight is 498 g/mol. The summed E-state index contributed by atoms with van der Waals surface area (Å²) in [5, 5.41) is 2.77. The molecule has 0 radical (unpaired) electrons. The van der Waals surface area contributed by atoms with E-state index in [2.05, 4.69) is 27.9 Å². The molecule has 3 rings (SSSR count). The molecule has 0 aliphatic carbocycles. The largest absolute Gasteiger partial charge is 0.379 e. The molecule has 142 valence electrons. The number of rotatable bonds is 5. The molecule has 1 aliphatic rings. The minimum absolute atomic E-state index is 0.241. The molecule has 2 aromatic rings. The van der Waals surface area contributed by atoms with E-state index >= 15 is 0 Å². The van der Waals surface area contributed by atoms with E-state index in [0.29, 0.717) is 26.3 Å². The van der Waals surface area contributed by atoms with Gasteiger partial charge in [0.2, 0.25) is 15.9 Å². The summed E-state index contributed by atoms with van der Waals surface area (Å²) in [5.41, 5.74) is 1.46. The number of carbonyl (C=O) groups excluding carboxylic acids is 1. The highest BCUT2D eigenvalue weighted by Crippen LogP contribution is 2.18. The Morgan fingerprint density at radius 1 is 1.04 bits per heavy atom. The fourth-order valence-electron chi connectivity index (χ4n) is 2.58. The lowest BCUT2D eigenvalue weighted by molar-refractivity contribution is -0.111. The molecule has 1 fully saturated rings. The van der Waals surface area contributed by atoms with Crippen molar-refractivity contribution in [2.24, 2.45) is 0 Å². The van der Waals surface area contributed by atoms with Crippen molar-refractivity contribution in [3.05, 3.63) is 63.7 Å². The van der Waals surface area contributed by atoms with Crippen molar-refractivity contribution in [3.8, 4) is 0 Å². The maximum atomic E-state index is 12.6. The zero-order chi connectivity index (χ0) is 19.3. The molecule has 6 nitrogen and oxygen atoms in total. The number of morpholine rings is 1. The summed E-state index contributed by atoms with van der Waals surface area (Å²) in [6.45, 7) is 1.55. The quantitative estimate of drug-likeness (QED) is 0.508. The van der Waals surface area contributed by atoms with Crippen LogP contribution in [0, 0.1) is 3.57 Å². The molecule has 2 aromatic carbocycles. The van der Waals surface area contributed by atoms with Gasteiger partial charge in [-0.15, -0.1) is 0 Å². The first kappa shape index (κ1) is 20.0. The molecular formula is C19H19IN2O4S. The summed E-state index contributed by atoms with van der Waals surface area (Å²) < 4.78 is 32.9. The van der Waals surface area contributed by atoms with Crippen LogP contribution >= 0.6 is 22.6 Å². The van der Waals surface area contributed by atoms with Crippen LogP contribution in [0.4, 0.5) is 5.69 Å². The third-order valence-electron chi connectivity index (χ3n) is 4.03. The number of halogens is 1. The molecule has 1 heterocycles. The number of ether oxygens (including phenoxy) is 1.